The van der Waals surface area contributed by atoms with Crippen molar-refractivity contribution in [3.8, 4) is 5.88 Å². The highest BCUT2D eigenvalue weighted by molar-refractivity contribution is 6.28. The Morgan fingerprint density at radius 1 is 1.40 bits per heavy atom. The van der Waals surface area contributed by atoms with Gasteiger partial charge < -0.3 is 9.47 Å². The summed E-state index contributed by atoms with van der Waals surface area (Å²) in [5.74, 6) is 0.498. The van der Waals surface area contributed by atoms with Crippen LogP contribution in [-0.2, 0) is 4.74 Å². The van der Waals surface area contributed by atoms with Crippen molar-refractivity contribution in [1.82, 2.24) is 19.8 Å². The lowest BCUT2D eigenvalue weighted by Crippen LogP contribution is -2.38. The highest BCUT2D eigenvalue weighted by Crippen LogP contribution is 2.15. The van der Waals surface area contributed by atoms with Crippen LogP contribution in [0.1, 0.15) is 0 Å². The van der Waals surface area contributed by atoms with Crippen molar-refractivity contribution in [1.29, 1.82) is 0 Å². The molecule has 0 radical (unpaired) electrons. The average Bonchev–Trinajstić information content (AvgIpc) is 2.55. The van der Waals surface area contributed by atoms with Gasteiger partial charge in [-0.2, -0.15) is 4.52 Å². The molecule has 2 aromatic rings. The number of nitrogens with zero attached hydrogens (tertiary/aromatic N) is 4. The Kier molecular flexibility index (Phi) is 1.96. The lowest BCUT2D eigenvalue weighted by Gasteiger charge is -2.25. The molecular weight excluding hydrogens is 220 g/mol. The van der Waals surface area contributed by atoms with Crippen LogP contribution in [0.3, 0.4) is 0 Å². The Balaban J connectivity index is 1.93. The van der Waals surface area contributed by atoms with Gasteiger partial charge in [-0.25, -0.2) is 0 Å². The second-order valence-electron chi connectivity index (χ2n) is 3.19. The Morgan fingerprint density at radius 3 is 3.00 bits per heavy atom. The lowest BCUT2D eigenvalue weighted by molar-refractivity contribution is -0.0817. The monoisotopic (exact) mass is 226 g/mol. The van der Waals surface area contributed by atoms with Gasteiger partial charge in [0.15, 0.2) is 5.65 Å². The van der Waals surface area contributed by atoms with Crippen molar-refractivity contribution in [3.05, 3.63) is 17.4 Å². The van der Waals surface area contributed by atoms with Gasteiger partial charge in [-0.15, -0.1) is 15.3 Å². The molecular formula is C8H7ClN4O2. The van der Waals surface area contributed by atoms with Crippen molar-refractivity contribution >= 4 is 17.2 Å². The van der Waals surface area contributed by atoms with E-state index in [1.54, 1.807) is 12.1 Å². The third-order valence-corrected chi connectivity index (χ3v) is 2.33. The fourth-order valence-electron chi connectivity index (χ4n) is 1.26. The number of hydrogen-bond acceptors (Lipinski definition) is 5. The molecule has 78 valence electrons. The topological polar surface area (TPSA) is 61.5 Å². The van der Waals surface area contributed by atoms with Crippen LogP contribution in [0.2, 0.25) is 5.28 Å². The van der Waals surface area contributed by atoms with Gasteiger partial charge in [0.05, 0.1) is 13.2 Å². The Morgan fingerprint density at radius 2 is 2.27 bits per heavy atom. The van der Waals surface area contributed by atoms with Crippen LogP contribution < -0.4 is 4.74 Å². The first-order valence-corrected chi connectivity index (χ1v) is 4.83. The Labute approximate surface area is 89.8 Å². The molecule has 0 aliphatic carbocycles. The van der Waals surface area contributed by atoms with Crippen LogP contribution in [0.5, 0.6) is 5.88 Å². The zero-order valence-electron chi connectivity index (χ0n) is 7.63. The normalized spacial score (nSPS) is 16.6. The molecule has 0 amide bonds. The van der Waals surface area contributed by atoms with Gasteiger partial charge in [0.1, 0.15) is 6.10 Å². The lowest BCUT2D eigenvalue weighted by atomic mass is 10.3. The third kappa shape index (κ3) is 1.51. The second kappa shape index (κ2) is 3.32. The second-order valence-corrected chi connectivity index (χ2v) is 3.53. The van der Waals surface area contributed by atoms with E-state index in [1.165, 1.54) is 4.52 Å². The van der Waals surface area contributed by atoms with E-state index in [4.69, 9.17) is 21.1 Å². The maximum atomic E-state index is 5.78. The molecule has 0 atom stereocenters. The third-order valence-electron chi connectivity index (χ3n) is 2.10. The fourth-order valence-corrected chi connectivity index (χ4v) is 1.42. The van der Waals surface area contributed by atoms with E-state index < -0.39 is 0 Å². The fraction of sp³-hybridized carbons (Fsp3) is 0.375. The molecule has 0 unspecified atom stereocenters. The standard InChI is InChI=1S/C8H7ClN4O2/c9-8-11-10-6-1-2-7(12-13(6)8)15-5-3-14-4-5/h1-2,5H,3-4H2. The molecule has 1 aliphatic heterocycles. The molecule has 1 aliphatic rings. The summed E-state index contributed by atoms with van der Waals surface area (Å²) in [5, 5.41) is 11.9. The number of halogens is 1. The largest absolute Gasteiger partial charge is 0.468 e. The molecule has 0 bridgehead atoms. The number of fused-ring (bicyclic) bond motifs is 1. The van der Waals surface area contributed by atoms with Crippen molar-refractivity contribution < 1.29 is 9.47 Å². The van der Waals surface area contributed by atoms with Gasteiger partial charge >= 0.3 is 0 Å². The number of hydrogen-bond donors (Lipinski definition) is 0. The predicted octanol–water partition coefficient (Wildman–Crippen LogP) is 0.555. The van der Waals surface area contributed by atoms with E-state index in [9.17, 15) is 0 Å². The first kappa shape index (κ1) is 8.87. The minimum absolute atomic E-state index is 0.0882. The zero-order chi connectivity index (χ0) is 10.3. The molecule has 3 rings (SSSR count). The van der Waals surface area contributed by atoms with E-state index in [2.05, 4.69) is 15.3 Å². The SMILES string of the molecule is Clc1nnc2ccc(OC3COC3)nn12. The van der Waals surface area contributed by atoms with E-state index >= 15 is 0 Å². The van der Waals surface area contributed by atoms with Gasteiger partial charge in [0.2, 0.25) is 11.2 Å². The maximum Gasteiger partial charge on any atom is 0.246 e. The van der Waals surface area contributed by atoms with E-state index in [1.807, 2.05) is 0 Å². The van der Waals surface area contributed by atoms with E-state index in [-0.39, 0.29) is 11.4 Å². The van der Waals surface area contributed by atoms with Crippen LogP contribution in [0.15, 0.2) is 12.1 Å². The summed E-state index contributed by atoms with van der Waals surface area (Å²) in [5.41, 5.74) is 0.595. The highest BCUT2D eigenvalue weighted by Gasteiger charge is 2.20. The number of aromatic nitrogens is 4. The summed E-state index contributed by atoms with van der Waals surface area (Å²) in [7, 11) is 0. The quantitative estimate of drug-likeness (QED) is 0.749. The van der Waals surface area contributed by atoms with E-state index in [0.717, 1.165) is 0 Å². The molecule has 0 spiro atoms. The van der Waals surface area contributed by atoms with Gasteiger partial charge in [0.25, 0.3) is 0 Å². The molecule has 0 N–H and O–H groups in total. The molecule has 1 fully saturated rings. The van der Waals surface area contributed by atoms with Crippen LogP contribution in [-0.4, -0.2) is 39.1 Å². The highest BCUT2D eigenvalue weighted by atomic mass is 35.5. The molecule has 7 heteroatoms. The summed E-state index contributed by atoms with van der Waals surface area (Å²) in [6.45, 7) is 1.21. The number of ether oxygens (including phenoxy) is 2. The van der Waals surface area contributed by atoms with E-state index in [0.29, 0.717) is 24.7 Å². The predicted molar refractivity (Wildman–Crippen MR) is 51.0 cm³/mol. The van der Waals surface area contributed by atoms with Gasteiger partial charge in [-0.3, -0.25) is 0 Å². The van der Waals surface area contributed by atoms with Crippen molar-refractivity contribution in [2.24, 2.45) is 0 Å². The minimum atomic E-state index is 0.0882. The minimum Gasteiger partial charge on any atom is -0.468 e. The van der Waals surface area contributed by atoms with Crippen molar-refractivity contribution in [3.63, 3.8) is 0 Å². The van der Waals surface area contributed by atoms with Crippen LogP contribution in [0.25, 0.3) is 5.65 Å². The zero-order valence-corrected chi connectivity index (χ0v) is 8.39. The van der Waals surface area contributed by atoms with Crippen molar-refractivity contribution in [2.75, 3.05) is 13.2 Å². The molecule has 1 saturated heterocycles. The molecule has 6 nitrogen and oxygen atoms in total. The summed E-state index contributed by atoms with van der Waals surface area (Å²) in [6, 6.07) is 3.49. The van der Waals surface area contributed by atoms with Gasteiger partial charge in [-0.1, -0.05) is 0 Å². The van der Waals surface area contributed by atoms with Crippen LogP contribution in [0.4, 0.5) is 0 Å². The number of rotatable bonds is 2. The average molecular weight is 227 g/mol. The van der Waals surface area contributed by atoms with Gasteiger partial charge in [0, 0.05) is 6.07 Å². The van der Waals surface area contributed by atoms with Crippen LogP contribution in [0, 0.1) is 0 Å². The molecule has 2 aromatic heterocycles. The van der Waals surface area contributed by atoms with Crippen LogP contribution >= 0.6 is 11.6 Å². The first-order valence-electron chi connectivity index (χ1n) is 4.45. The summed E-state index contributed by atoms with van der Waals surface area (Å²) in [6.07, 6.45) is 0.0882. The molecule has 0 aromatic carbocycles. The summed E-state index contributed by atoms with van der Waals surface area (Å²) < 4.78 is 11.9. The Bertz CT molecular complexity index is 496. The maximum absolute atomic E-state index is 5.78. The first-order chi connectivity index (χ1) is 7.33. The molecule has 3 heterocycles. The summed E-state index contributed by atoms with van der Waals surface area (Å²) >= 11 is 5.78. The molecule has 0 saturated carbocycles. The molecule has 15 heavy (non-hydrogen) atoms. The van der Waals surface area contributed by atoms with Gasteiger partial charge in [-0.05, 0) is 17.7 Å². The summed E-state index contributed by atoms with van der Waals surface area (Å²) in [4.78, 5) is 0. The smallest absolute Gasteiger partial charge is 0.246 e. The Hall–Kier alpha value is -1.40. The van der Waals surface area contributed by atoms with Crippen molar-refractivity contribution in [2.45, 2.75) is 6.10 Å².